The third-order valence-corrected chi connectivity index (χ3v) is 5.07. The first-order valence-electron chi connectivity index (χ1n) is 9.57. The SMILES string of the molecule is COc1ccc(-n2nc(C(=O)N3CCN(C)CC3)nc2-c2ccc(C)cc2)cn1. The molecule has 0 bridgehead atoms. The molecule has 1 aliphatic rings. The van der Waals surface area contributed by atoms with Crippen molar-refractivity contribution in [3.05, 3.63) is 54.0 Å². The van der Waals surface area contributed by atoms with Crippen molar-refractivity contribution in [2.24, 2.45) is 0 Å². The molecule has 1 aliphatic heterocycles. The van der Waals surface area contributed by atoms with Crippen LogP contribution in [0, 0.1) is 6.92 Å². The van der Waals surface area contributed by atoms with Crippen molar-refractivity contribution in [2.75, 3.05) is 40.3 Å². The van der Waals surface area contributed by atoms with Gasteiger partial charge in [0.25, 0.3) is 5.91 Å². The number of aryl methyl sites for hydroxylation is 1. The van der Waals surface area contributed by atoms with Gasteiger partial charge in [-0.25, -0.2) is 14.6 Å². The van der Waals surface area contributed by atoms with Crippen molar-refractivity contribution in [3.63, 3.8) is 0 Å². The number of nitrogens with zero attached hydrogens (tertiary/aromatic N) is 6. The second-order valence-corrected chi connectivity index (χ2v) is 7.19. The summed E-state index contributed by atoms with van der Waals surface area (Å²) in [5, 5.41) is 4.55. The minimum Gasteiger partial charge on any atom is -0.481 e. The lowest BCUT2D eigenvalue weighted by Gasteiger charge is -2.31. The lowest BCUT2D eigenvalue weighted by atomic mass is 10.1. The number of methoxy groups -OCH3 is 1. The molecule has 1 fully saturated rings. The number of amides is 1. The van der Waals surface area contributed by atoms with Gasteiger partial charge in [0.05, 0.1) is 19.0 Å². The van der Waals surface area contributed by atoms with Gasteiger partial charge < -0.3 is 14.5 Å². The fraction of sp³-hybridized carbons (Fsp3) is 0.333. The van der Waals surface area contributed by atoms with E-state index in [-0.39, 0.29) is 11.7 Å². The van der Waals surface area contributed by atoms with Crippen LogP contribution in [-0.2, 0) is 0 Å². The Labute approximate surface area is 169 Å². The van der Waals surface area contributed by atoms with Crippen LogP contribution in [0.3, 0.4) is 0 Å². The summed E-state index contributed by atoms with van der Waals surface area (Å²) in [6.07, 6.45) is 1.66. The standard InChI is InChI=1S/C21H24N6O2/c1-15-4-6-16(7-5-15)20-23-19(21(28)26-12-10-25(2)11-13-26)24-27(20)17-8-9-18(29-3)22-14-17/h4-9,14H,10-13H2,1-3H3. The summed E-state index contributed by atoms with van der Waals surface area (Å²) in [5.74, 6) is 1.17. The van der Waals surface area contributed by atoms with E-state index in [4.69, 9.17) is 4.74 Å². The molecule has 0 unspecified atom stereocenters. The molecule has 150 valence electrons. The van der Waals surface area contributed by atoms with E-state index >= 15 is 0 Å². The number of aromatic nitrogens is 4. The Hall–Kier alpha value is -3.26. The molecule has 0 spiro atoms. The summed E-state index contributed by atoms with van der Waals surface area (Å²) in [6, 6.07) is 11.6. The highest BCUT2D eigenvalue weighted by Crippen LogP contribution is 2.23. The van der Waals surface area contributed by atoms with Gasteiger partial charge in [0.2, 0.25) is 11.7 Å². The van der Waals surface area contributed by atoms with Crippen LogP contribution in [0.15, 0.2) is 42.6 Å². The third-order valence-electron chi connectivity index (χ3n) is 5.07. The van der Waals surface area contributed by atoms with Crippen molar-refractivity contribution in [1.82, 2.24) is 29.5 Å². The molecule has 0 N–H and O–H groups in total. The molecule has 8 heteroatoms. The maximum absolute atomic E-state index is 13.0. The van der Waals surface area contributed by atoms with Gasteiger partial charge in [-0.2, -0.15) is 0 Å². The smallest absolute Gasteiger partial charge is 0.293 e. The van der Waals surface area contributed by atoms with Crippen LogP contribution in [0.5, 0.6) is 5.88 Å². The molecule has 4 rings (SSSR count). The van der Waals surface area contributed by atoms with E-state index in [1.807, 2.05) is 42.2 Å². The number of hydrogen-bond acceptors (Lipinski definition) is 6. The number of likely N-dealkylation sites (N-methyl/N-ethyl adjacent to an activating group) is 1. The molecule has 2 aromatic heterocycles. The van der Waals surface area contributed by atoms with Crippen LogP contribution in [0.2, 0.25) is 0 Å². The Morgan fingerprint density at radius 3 is 2.38 bits per heavy atom. The Bertz CT molecular complexity index is 989. The minimum absolute atomic E-state index is 0.147. The molecule has 3 aromatic rings. The number of piperazine rings is 1. The monoisotopic (exact) mass is 392 g/mol. The first-order valence-corrected chi connectivity index (χ1v) is 9.57. The molecule has 0 saturated carbocycles. The zero-order chi connectivity index (χ0) is 20.4. The normalized spacial score (nSPS) is 14.8. The molecule has 0 aliphatic carbocycles. The molecule has 1 saturated heterocycles. The summed E-state index contributed by atoms with van der Waals surface area (Å²) in [5.41, 5.74) is 2.75. The topological polar surface area (TPSA) is 76.4 Å². The van der Waals surface area contributed by atoms with Crippen molar-refractivity contribution >= 4 is 5.91 Å². The number of carbonyl (C=O) groups excluding carboxylic acids is 1. The number of ether oxygens (including phenoxy) is 1. The summed E-state index contributed by atoms with van der Waals surface area (Å²) in [4.78, 5) is 25.9. The molecule has 1 aromatic carbocycles. The average molecular weight is 392 g/mol. The van der Waals surface area contributed by atoms with Crippen LogP contribution in [-0.4, -0.2) is 75.8 Å². The highest BCUT2D eigenvalue weighted by Gasteiger charge is 2.26. The quantitative estimate of drug-likeness (QED) is 0.676. The Kier molecular flexibility index (Phi) is 5.26. The largest absolute Gasteiger partial charge is 0.481 e. The summed E-state index contributed by atoms with van der Waals surface area (Å²) in [6.45, 7) is 5.07. The van der Waals surface area contributed by atoms with Crippen molar-refractivity contribution in [1.29, 1.82) is 0 Å². The van der Waals surface area contributed by atoms with Crippen molar-refractivity contribution < 1.29 is 9.53 Å². The molecule has 0 atom stereocenters. The van der Waals surface area contributed by atoms with Crippen LogP contribution in [0.4, 0.5) is 0 Å². The zero-order valence-corrected chi connectivity index (χ0v) is 16.9. The lowest BCUT2D eigenvalue weighted by Crippen LogP contribution is -2.47. The first kappa shape index (κ1) is 19.1. The number of rotatable bonds is 4. The van der Waals surface area contributed by atoms with Crippen LogP contribution in [0.25, 0.3) is 17.1 Å². The number of carbonyl (C=O) groups is 1. The number of hydrogen-bond donors (Lipinski definition) is 0. The Morgan fingerprint density at radius 1 is 1.03 bits per heavy atom. The molecule has 8 nitrogen and oxygen atoms in total. The second-order valence-electron chi connectivity index (χ2n) is 7.19. The summed E-state index contributed by atoms with van der Waals surface area (Å²) < 4.78 is 6.81. The first-order chi connectivity index (χ1) is 14.0. The van der Waals surface area contributed by atoms with E-state index in [1.54, 1.807) is 24.1 Å². The van der Waals surface area contributed by atoms with Crippen LogP contribution < -0.4 is 4.74 Å². The van der Waals surface area contributed by atoms with Crippen LogP contribution in [0.1, 0.15) is 16.2 Å². The van der Waals surface area contributed by atoms with Gasteiger partial charge in [0.15, 0.2) is 5.82 Å². The van der Waals surface area contributed by atoms with Crippen molar-refractivity contribution in [2.45, 2.75) is 6.92 Å². The number of benzene rings is 1. The zero-order valence-electron chi connectivity index (χ0n) is 16.9. The third kappa shape index (κ3) is 3.97. The highest BCUT2D eigenvalue weighted by molar-refractivity contribution is 5.91. The Morgan fingerprint density at radius 2 is 1.76 bits per heavy atom. The van der Waals surface area contributed by atoms with E-state index in [1.165, 1.54) is 0 Å². The second kappa shape index (κ2) is 8.00. The maximum atomic E-state index is 13.0. The van der Waals surface area contributed by atoms with Gasteiger partial charge in [-0.05, 0) is 20.0 Å². The Balaban J connectivity index is 1.73. The predicted molar refractivity (Wildman–Crippen MR) is 109 cm³/mol. The lowest BCUT2D eigenvalue weighted by molar-refractivity contribution is 0.0652. The fourth-order valence-corrected chi connectivity index (χ4v) is 3.24. The van der Waals surface area contributed by atoms with Gasteiger partial charge >= 0.3 is 0 Å². The van der Waals surface area contributed by atoms with E-state index in [9.17, 15) is 4.79 Å². The van der Waals surface area contributed by atoms with Gasteiger partial charge in [-0.3, -0.25) is 4.79 Å². The van der Waals surface area contributed by atoms with Gasteiger partial charge in [-0.15, -0.1) is 5.10 Å². The van der Waals surface area contributed by atoms with Gasteiger partial charge in [-0.1, -0.05) is 29.8 Å². The molecular formula is C21H24N6O2. The maximum Gasteiger partial charge on any atom is 0.293 e. The van der Waals surface area contributed by atoms with E-state index < -0.39 is 0 Å². The van der Waals surface area contributed by atoms with E-state index in [0.717, 1.165) is 24.2 Å². The van der Waals surface area contributed by atoms with Gasteiger partial charge in [0, 0.05) is 37.8 Å². The van der Waals surface area contributed by atoms with E-state index in [2.05, 4.69) is 27.0 Å². The van der Waals surface area contributed by atoms with E-state index in [0.29, 0.717) is 30.5 Å². The summed E-state index contributed by atoms with van der Waals surface area (Å²) >= 11 is 0. The highest BCUT2D eigenvalue weighted by atomic mass is 16.5. The molecule has 29 heavy (non-hydrogen) atoms. The summed E-state index contributed by atoms with van der Waals surface area (Å²) in [7, 11) is 3.63. The average Bonchev–Trinajstić information content (AvgIpc) is 3.20. The minimum atomic E-state index is -0.147. The number of pyridine rings is 1. The predicted octanol–water partition coefficient (Wildman–Crippen LogP) is 2.03. The van der Waals surface area contributed by atoms with Gasteiger partial charge in [0.1, 0.15) is 0 Å². The molecule has 1 amide bonds. The van der Waals surface area contributed by atoms with Crippen molar-refractivity contribution in [3.8, 4) is 23.0 Å². The molecular weight excluding hydrogens is 368 g/mol. The molecule has 0 radical (unpaired) electrons. The van der Waals surface area contributed by atoms with Crippen LogP contribution >= 0.6 is 0 Å². The molecule has 3 heterocycles. The fourth-order valence-electron chi connectivity index (χ4n) is 3.24.